The highest BCUT2D eigenvalue weighted by atomic mass is 16.5. The Bertz CT molecular complexity index is 1680. The van der Waals surface area contributed by atoms with Gasteiger partial charge in [0.1, 0.15) is 12.4 Å². The number of nitrogens with zero attached hydrogens (tertiary/aromatic N) is 2. The SMILES string of the molecule is C=C(C)Cc1c(OCC(C)=O)ccc2c1c1ccnc3c4ccc(OC)c(OC)c4c(=O)n2c13. The molecule has 7 nitrogen and oxygen atoms in total. The van der Waals surface area contributed by atoms with E-state index >= 15 is 0 Å². The van der Waals surface area contributed by atoms with E-state index in [1.165, 1.54) is 14.0 Å². The molecule has 0 spiro atoms. The number of pyridine rings is 2. The van der Waals surface area contributed by atoms with Gasteiger partial charge >= 0.3 is 0 Å². The maximum Gasteiger partial charge on any atom is 0.267 e. The summed E-state index contributed by atoms with van der Waals surface area (Å²) < 4.78 is 18.6. The molecule has 2 aromatic carbocycles. The number of aromatic nitrogens is 2. The van der Waals surface area contributed by atoms with E-state index in [4.69, 9.17) is 14.2 Å². The summed E-state index contributed by atoms with van der Waals surface area (Å²) in [5.74, 6) is 1.39. The van der Waals surface area contributed by atoms with Crippen LogP contribution in [0.2, 0.25) is 0 Å². The monoisotopic (exact) mass is 456 g/mol. The molecule has 0 amide bonds. The van der Waals surface area contributed by atoms with E-state index in [1.807, 2.05) is 31.2 Å². The zero-order valence-electron chi connectivity index (χ0n) is 19.5. The largest absolute Gasteiger partial charge is 0.493 e. The molecule has 34 heavy (non-hydrogen) atoms. The minimum atomic E-state index is -0.218. The Morgan fingerprint density at radius 1 is 1.00 bits per heavy atom. The van der Waals surface area contributed by atoms with Crippen LogP contribution in [0.15, 0.2) is 53.5 Å². The molecule has 0 unspecified atom stereocenters. The number of Topliss-reactive ketones (excluding diaryl/α,β-unsaturated/α-hetero) is 1. The van der Waals surface area contributed by atoms with Crippen LogP contribution in [-0.2, 0) is 11.2 Å². The summed E-state index contributed by atoms with van der Waals surface area (Å²) in [7, 11) is 3.06. The van der Waals surface area contributed by atoms with Crippen molar-refractivity contribution in [2.45, 2.75) is 20.3 Å². The summed E-state index contributed by atoms with van der Waals surface area (Å²) in [6.45, 7) is 7.48. The van der Waals surface area contributed by atoms with Crippen molar-refractivity contribution in [1.82, 2.24) is 9.38 Å². The van der Waals surface area contributed by atoms with Crippen LogP contribution in [0.5, 0.6) is 17.2 Å². The Kier molecular flexibility index (Phi) is 5.12. The van der Waals surface area contributed by atoms with E-state index in [0.717, 1.165) is 32.9 Å². The van der Waals surface area contributed by atoms with Gasteiger partial charge in [-0.1, -0.05) is 12.2 Å². The number of methoxy groups -OCH3 is 2. The van der Waals surface area contributed by atoms with E-state index in [2.05, 4.69) is 11.6 Å². The van der Waals surface area contributed by atoms with Crippen molar-refractivity contribution in [1.29, 1.82) is 0 Å². The first-order valence-corrected chi connectivity index (χ1v) is 10.9. The first-order chi connectivity index (χ1) is 16.4. The van der Waals surface area contributed by atoms with Crippen LogP contribution in [0.1, 0.15) is 19.4 Å². The molecular formula is C27H24N2O5. The van der Waals surface area contributed by atoms with Crippen molar-refractivity contribution in [3.63, 3.8) is 0 Å². The topological polar surface area (TPSA) is 79.1 Å². The van der Waals surface area contributed by atoms with Crippen molar-refractivity contribution < 1.29 is 19.0 Å². The quantitative estimate of drug-likeness (QED) is 0.261. The fourth-order valence-corrected chi connectivity index (χ4v) is 4.75. The highest BCUT2D eigenvalue weighted by molar-refractivity contribution is 6.20. The minimum Gasteiger partial charge on any atom is -0.493 e. The summed E-state index contributed by atoms with van der Waals surface area (Å²) in [5, 5.41) is 2.87. The molecule has 7 heteroatoms. The molecule has 5 aromatic rings. The van der Waals surface area contributed by atoms with Crippen LogP contribution in [0.4, 0.5) is 0 Å². The Morgan fingerprint density at radius 2 is 1.76 bits per heavy atom. The summed E-state index contributed by atoms with van der Waals surface area (Å²) >= 11 is 0. The predicted octanol–water partition coefficient (Wildman–Crippen LogP) is 4.70. The molecule has 0 saturated heterocycles. The maximum atomic E-state index is 14.0. The van der Waals surface area contributed by atoms with Crippen molar-refractivity contribution in [3.8, 4) is 17.2 Å². The highest BCUT2D eigenvalue weighted by Crippen LogP contribution is 2.41. The van der Waals surface area contributed by atoms with Gasteiger partial charge in [0.25, 0.3) is 5.56 Å². The molecule has 5 rings (SSSR count). The number of ether oxygens (including phenoxy) is 3. The first kappa shape index (κ1) is 21.7. The van der Waals surface area contributed by atoms with Gasteiger partial charge in [-0.25, -0.2) is 0 Å². The lowest BCUT2D eigenvalue weighted by atomic mass is 9.99. The second-order valence-electron chi connectivity index (χ2n) is 8.48. The van der Waals surface area contributed by atoms with Gasteiger partial charge < -0.3 is 14.2 Å². The van der Waals surface area contributed by atoms with Crippen LogP contribution >= 0.6 is 0 Å². The molecule has 0 saturated carbocycles. The molecule has 0 fully saturated rings. The van der Waals surface area contributed by atoms with Crippen LogP contribution in [-0.4, -0.2) is 36.0 Å². The molecule has 0 aliphatic heterocycles. The summed E-state index contributed by atoms with van der Waals surface area (Å²) in [4.78, 5) is 30.2. The number of ketones is 1. The first-order valence-electron chi connectivity index (χ1n) is 10.9. The van der Waals surface area contributed by atoms with Crippen LogP contribution in [0.25, 0.3) is 38.1 Å². The molecule has 0 radical (unpaired) electrons. The third-order valence-electron chi connectivity index (χ3n) is 6.03. The van der Waals surface area contributed by atoms with Gasteiger partial charge in [0.15, 0.2) is 17.3 Å². The van der Waals surface area contributed by atoms with Gasteiger partial charge in [0, 0.05) is 27.9 Å². The van der Waals surface area contributed by atoms with E-state index in [-0.39, 0.29) is 17.9 Å². The Hall–Kier alpha value is -4.13. The molecule has 0 bridgehead atoms. The average Bonchev–Trinajstić information content (AvgIpc) is 3.16. The van der Waals surface area contributed by atoms with Crippen molar-refractivity contribution in [2.75, 3.05) is 20.8 Å². The third kappa shape index (κ3) is 3.08. The highest BCUT2D eigenvalue weighted by Gasteiger charge is 2.24. The molecule has 0 N–H and O–H groups in total. The third-order valence-corrected chi connectivity index (χ3v) is 6.03. The number of hydrogen-bond donors (Lipinski definition) is 0. The smallest absolute Gasteiger partial charge is 0.267 e. The lowest BCUT2D eigenvalue weighted by Crippen LogP contribution is -2.14. The zero-order chi connectivity index (χ0) is 24.1. The predicted molar refractivity (Wildman–Crippen MR) is 133 cm³/mol. The molecule has 0 aliphatic carbocycles. The lowest BCUT2D eigenvalue weighted by Gasteiger charge is -2.13. The van der Waals surface area contributed by atoms with Gasteiger partial charge in [-0.2, -0.15) is 0 Å². The number of hydrogen-bond acceptors (Lipinski definition) is 6. The average molecular weight is 456 g/mol. The maximum absolute atomic E-state index is 14.0. The van der Waals surface area contributed by atoms with Crippen molar-refractivity contribution in [3.05, 3.63) is 64.6 Å². The number of carbonyl (C=O) groups is 1. The Morgan fingerprint density at radius 3 is 2.44 bits per heavy atom. The fourth-order valence-electron chi connectivity index (χ4n) is 4.75. The van der Waals surface area contributed by atoms with Gasteiger partial charge in [-0.05, 0) is 50.6 Å². The van der Waals surface area contributed by atoms with E-state index in [1.54, 1.807) is 23.8 Å². The Balaban J connectivity index is 2.01. The minimum absolute atomic E-state index is 0.0263. The van der Waals surface area contributed by atoms with E-state index in [0.29, 0.717) is 40.0 Å². The van der Waals surface area contributed by atoms with E-state index in [9.17, 15) is 9.59 Å². The van der Waals surface area contributed by atoms with E-state index < -0.39 is 0 Å². The summed E-state index contributed by atoms with van der Waals surface area (Å²) in [6, 6.07) is 9.20. The van der Waals surface area contributed by atoms with Crippen LogP contribution in [0, 0.1) is 0 Å². The second-order valence-corrected chi connectivity index (χ2v) is 8.48. The normalized spacial score (nSPS) is 11.5. The molecule has 0 aliphatic rings. The molecular weight excluding hydrogens is 432 g/mol. The molecule has 3 heterocycles. The van der Waals surface area contributed by atoms with Crippen molar-refractivity contribution >= 4 is 43.9 Å². The molecule has 3 aromatic heterocycles. The number of fused-ring (bicyclic) bond motifs is 5. The number of allylic oxidation sites excluding steroid dienone is 1. The van der Waals surface area contributed by atoms with Gasteiger partial charge in [0.2, 0.25) is 0 Å². The van der Waals surface area contributed by atoms with Gasteiger partial charge in [-0.3, -0.25) is 19.0 Å². The van der Waals surface area contributed by atoms with Crippen LogP contribution < -0.4 is 19.8 Å². The van der Waals surface area contributed by atoms with Gasteiger partial charge in [0.05, 0.1) is 36.2 Å². The Labute approximate surface area is 195 Å². The molecule has 0 atom stereocenters. The summed E-state index contributed by atoms with van der Waals surface area (Å²) in [6.07, 6.45) is 2.28. The van der Waals surface area contributed by atoms with Gasteiger partial charge in [-0.15, -0.1) is 0 Å². The number of carbonyl (C=O) groups excluding carboxylic acids is 1. The molecule has 172 valence electrons. The second kappa shape index (κ2) is 8.02. The lowest BCUT2D eigenvalue weighted by molar-refractivity contribution is -0.118. The number of rotatable bonds is 7. The zero-order valence-corrected chi connectivity index (χ0v) is 19.5. The number of benzene rings is 2. The fraction of sp³-hybridized carbons (Fsp3) is 0.222. The van der Waals surface area contributed by atoms with Crippen molar-refractivity contribution in [2.24, 2.45) is 0 Å². The summed E-state index contributed by atoms with van der Waals surface area (Å²) in [5.41, 5.74) is 3.76. The standard InChI is InChI=1S/C27H24N2O5/c1-14(2)12-18-20(34-13-15(3)30)9-7-19-22(18)17-10-11-28-24-16-6-8-21(32-4)26(33-5)23(16)27(31)29(19)25(17)24/h6-11H,1,12-13H2,2-5H3. The van der Waals surface area contributed by atoms with Crippen LogP contribution in [0.3, 0.4) is 0 Å².